The van der Waals surface area contributed by atoms with E-state index in [1.807, 2.05) is 12.1 Å². The Balaban J connectivity index is 1.69. The molecular formula is C20H18N6O2. The van der Waals surface area contributed by atoms with E-state index >= 15 is 0 Å². The molecule has 1 aliphatic carbocycles. The summed E-state index contributed by atoms with van der Waals surface area (Å²) in [6, 6.07) is 7.54. The molecule has 0 spiro atoms. The fraction of sp³-hybridized carbons (Fsp3) is 0.250. The van der Waals surface area contributed by atoms with Crippen molar-refractivity contribution in [1.29, 1.82) is 5.26 Å². The number of amides is 1. The van der Waals surface area contributed by atoms with Crippen LogP contribution in [0.4, 0.5) is 11.6 Å². The molecule has 4 N–H and O–H groups in total. The average Bonchev–Trinajstić information content (AvgIpc) is 3.48. The number of rotatable bonds is 5. The second-order valence-corrected chi connectivity index (χ2v) is 6.76. The molecular weight excluding hydrogens is 356 g/mol. The Morgan fingerprint density at radius 1 is 1.39 bits per heavy atom. The van der Waals surface area contributed by atoms with Crippen LogP contribution in [0.5, 0.6) is 0 Å². The molecule has 1 saturated carbocycles. The molecule has 140 valence electrons. The van der Waals surface area contributed by atoms with Crippen LogP contribution in [0.15, 0.2) is 36.8 Å². The van der Waals surface area contributed by atoms with Crippen molar-refractivity contribution in [2.45, 2.75) is 12.8 Å². The number of hydrogen-bond donors (Lipinski definition) is 3. The number of nitriles is 1. The molecule has 0 aromatic carbocycles. The van der Waals surface area contributed by atoms with Crippen LogP contribution in [0.25, 0.3) is 22.0 Å². The molecule has 3 aromatic rings. The molecule has 1 fully saturated rings. The molecule has 0 bridgehead atoms. The van der Waals surface area contributed by atoms with Crippen LogP contribution < -0.4 is 11.1 Å². The molecule has 0 saturated heterocycles. The Kier molecular flexibility index (Phi) is 4.59. The average molecular weight is 374 g/mol. The van der Waals surface area contributed by atoms with Crippen LogP contribution in [-0.4, -0.2) is 32.6 Å². The topological polar surface area (TPSA) is 138 Å². The summed E-state index contributed by atoms with van der Waals surface area (Å²) in [5, 5.41) is 22.4. The van der Waals surface area contributed by atoms with Gasteiger partial charge in [0, 0.05) is 36.1 Å². The van der Waals surface area contributed by atoms with E-state index in [2.05, 4.69) is 26.3 Å². The molecule has 0 aliphatic heterocycles. The summed E-state index contributed by atoms with van der Waals surface area (Å²) >= 11 is 0. The lowest BCUT2D eigenvalue weighted by Crippen LogP contribution is -2.15. The summed E-state index contributed by atoms with van der Waals surface area (Å²) in [5.41, 5.74) is 8.47. The Bertz CT molecular complexity index is 1110. The number of nitrogens with one attached hydrogen (secondary N) is 1. The molecule has 1 amide bonds. The third-order valence-electron chi connectivity index (χ3n) is 4.86. The summed E-state index contributed by atoms with van der Waals surface area (Å²) in [7, 11) is 0. The molecule has 2 atom stereocenters. The molecule has 8 nitrogen and oxygen atoms in total. The number of pyridine rings is 3. The summed E-state index contributed by atoms with van der Waals surface area (Å²) in [5.74, 6) is 0.0559. The number of hydrogen-bond acceptors (Lipinski definition) is 7. The highest BCUT2D eigenvalue weighted by Crippen LogP contribution is 2.38. The molecule has 4 rings (SSSR count). The smallest absolute Gasteiger partial charge is 0.230 e. The number of fused-ring (bicyclic) bond motifs is 1. The van der Waals surface area contributed by atoms with Crippen molar-refractivity contribution in [2.75, 3.05) is 17.7 Å². The van der Waals surface area contributed by atoms with Gasteiger partial charge in [0.25, 0.3) is 0 Å². The van der Waals surface area contributed by atoms with Crippen LogP contribution in [0.2, 0.25) is 0 Å². The maximum Gasteiger partial charge on any atom is 0.230 e. The second kappa shape index (κ2) is 7.21. The third kappa shape index (κ3) is 3.35. The van der Waals surface area contributed by atoms with Crippen molar-refractivity contribution in [3.63, 3.8) is 0 Å². The summed E-state index contributed by atoms with van der Waals surface area (Å²) in [4.78, 5) is 25.0. The zero-order valence-corrected chi connectivity index (χ0v) is 15.0. The van der Waals surface area contributed by atoms with Crippen LogP contribution in [0, 0.1) is 23.2 Å². The minimum Gasteiger partial charge on any atom is -0.396 e. The van der Waals surface area contributed by atoms with E-state index in [4.69, 9.17) is 11.0 Å². The number of anilines is 2. The van der Waals surface area contributed by atoms with E-state index in [9.17, 15) is 9.90 Å². The fourth-order valence-corrected chi connectivity index (χ4v) is 3.22. The van der Waals surface area contributed by atoms with E-state index < -0.39 is 0 Å². The van der Waals surface area contributed by atoms with Crippen molar-refractivity contribution in [3.05, 3.63) is 42.4 Å². The number of nitrogens with zero attached hydrogens (tertiary/aromatic N) is 4. The Labute approximate surface area is 161 Å². The van der Waals surface area contributed by atoms with Gasteiger partial charge in [-0.3, -0.25) is 9.78 Å². The van der Waals surface area contributed by atoms with Crippen LogP contribution in [0.3, 0.4) is 0 Å². The molecule has 3 heterocycles. The van der Waals surface area contributed by atoms with E-state index in [0.29, 0.717) is 35.6 Å². The van der Waals surface area contributed by atoms with Crippen molar-refractivity contribution in [2.24, 2.45) is 11.8 Å². The van der Waals surface area contributed by atoms with Crippen molar-refractivity contribution < 1.29 is 9.90 Å². The monoisotopic (exact) mass is 374 g/mol. The van der Waals surface area contributed by atoms with Gasteiger partial charge in [0.05, 0.1) is 23.6 Å². The SMILES string of the molecule is N#C[C@H]1C[C@@H]1C(=O)Nc1cc2cc(-c3cnccc3CCO)nc(N)c2cn1. The van der Waals surface area contributed by atoms with Crippen LogP contribution in [-0.2, 0) is 11.2 Å². The normalized spacial score (nSPS) is 17.9. The summed E-state index contributed by atoms with van der Waals surface area (Å²) in [6.45, 7) is 0.0189. The first-order chi connectivity index (χ1) is 13.6. The first-order valence-corrected chi connectivity index (χ1v) is 8.91. The van der Waals surface area contributed by atoms with Gasteiger partial charge in [-0.05, 0) is 42.0 Å². The molecule has 1 aliphatic rings. The van der Waals surface area contributed by atoms with Gasteiger partial charge in [0.1, 0.15) is 11.6 Å². The van der Waals surface area contributed by atoms with Gasteiger partial charge >= 0.3 is 0 Å². The number of nitrogen functional groups attached to an aromatic ring is 1. The first-order valence-electron chi connectivity index (χ1n) is 8.91. The minimum atomic E-state index is -0.267. The third-order valence-corrected chi connectivity index (χ3v) is 4.86. The number of carbonyl (C=O) groups is 1. The zero-order chi connectivity index (χ0) is 19.7. The number of carbonyl (C=O) groups excluding carboxylic acids is 1. The lowest BCUT2D eigenvalue weighted by Gasteiger charge is -2.11. The standard InChI is InChI=1S/C20H18N6O2/c21-8-13-5-14(13)20(28)26-18-7-12-6-17(25-19(22)16(12)10-24-18)15-9-23-3-1-11(15)2-4-27/h1,3,6-7,9-10,13-14,27H,2,4-5H2,(H2,22,25)(H,24,26,28)/t13-,14+/m1/s1. The van der Waals surface area contributed by atoms with Gasteiger partial charge in [-0.25, -0.2) is 9.97 Å². The fourth-order valence-electron chi connectivity index (χ4n) is 3.22. The maximum absolute atomic E-state index is 12.2. The minimum absolute atomic E-state index is 0.0189. The Morgan fingerprint density at radius 3 is 3.00 bits per heavy atom. The molecule has 3 aromatic heterocycles. The van der Waals surface area contributed by atoms with E-state index in [1.54, 1.807) is 24.7 Å². The molecule has 0 radical (unpaired) electrons. The number of aliphatic hydroxyl groups excluding tert-OH is 1. The summed E-state index contributed by atoms with van der Waals surface area (Å²) < 4.78 is 0. The van der Waals surface area contributed by atoms with Crippen molar-refractivity contribution in [1.82, 2.24) is 15.0 Å². The van der Waals surface area contributed by atoms with Crippen LogP contribution >= 0.6 is 0 Å². The summed E-state index contributed by atoms with van der Waals surface area (Å²) in [6.07, 6.45) is 6.01. The highest BCUT2D eigenvalue weighted by atomic mass is 16.3. The van der Waals surface area contributed by atoms with Gasteiger partial charge in [0.2, 0.25) is 5.91 Å². The molecule has 0 unspecified atom stereocenters. The molecule has 8 heteroatoms. The van der Waals surface area contributed by atoms with Crippen LogP contribution in [0.1, 0.15) is 12.0 Å². The van der Waals surface area contributed by atoms with Gasteiger partial charge in [-0.1, -0.05) is 0 Å². The first kappa shape index (κ1) is 17.8. The van der Waals surface area contributed by atoms with Gasteiger partial charge in [-0.15, -0.1) is 0 Å². The van der Waals surface area contributed by atoms with Crippen molar-refractivity contribution in [3.8, 4) is 17.3 Å². The highest BCUT2D eigenvalue weighted by molar-refractivity contribution is 5.98. The number of aliphatic hydroxyl groups is 1. The molecule has 28 heavy (non-hydrogen) atoms. The number of aromatic nitrogens is 3. The van der Waals surface area contributed by atoms with Gasteiger partial charge < -0.3 is 16.2 Å². The second-order valence-electron chi connectivity index (χ2n) is 6.76. The lowest BCUT2D eigenvalue weighted by atomic mass is 10.0. The van der Waals surface area contributed by atoms with E-state index in [1.165, 1.54) is 0 Å². The number of nitrogens with two attached hydrogens (primary N) is 1. The largest absolute Gasteiger partial charge is 0.396 e. The van der Waals surface area contributed by atoms with Crippen molar-refractivity contribution >= 4 is 28.3 Å². The van der Waals surface area contributed by atoms with Gasteiger partial charge in [0.15, 0.2) is 0 Å². The Morgan fingerprint density at radius 2 is 2.25 bits per heavy atom. The predicted octanol–water partition coefficient (Wildman–Crippen LogP) is 1.91. The zero-order valence-electron chi connectivity index (χ0n) is 15.0. The maximum atomic E-state index is 12.2. The highest BCUT2D eigenvalue weighted by Gasteiger charge is 2.43. The van der Waals surface area contributed by atoms with E-state index in [-0.39, 0.29) is 24.3 Å². The lowest BCUT2D eigenvalue weighted by molar-refractivity contribution is -0.117. The van der Waals surface area contributed by atoms with E-state index in [0.717, 1.165) is 16.5 Å². The predicted molar refractivity (Wildman–Crippen MR) is 104 cm³/mol. The van der Waals surface area contributed by atoms with Gasteiger partial charge in [-0.2, -0.15) is 5.26 Å². The quantitative estimate of drug-likeness (QED) is 0.620. The Hall–Kier alpha value is -3.57.